The number of carbonyl (C=O) groups is 1. The molecule has 8 heteroatoms. The van der Waals surface area contributed by atoms with E-state index in [0.717, 1.165) is 23.3 Å². The van der Waals surface area contributed by atoms with Gasteiger partial charge in [-0.05, 0) is 35.9 Å². The van der Waals surface area contributed by atoms with Crippen molar-refractivity contribution in [3.63, 3.8) is 0 Å². The van der Waals surface area contributed by atoms with Gasteiger partial charge in [0.05, 0.1) is 19.2 Å². The molecule has 0 radical (unpaired) electrons. The largest absolute Gasteiger partial charge is 0.362 e. The zero-order valence-electron chi connectivity index (χ0n) is 16.2. The second kappa shape index (κ2) is 9.22. The zero-order valence-corrected chi connectivity index (χ0v) is 17.7. The highest BCUT2D eigenvalue weighted by Gasteiger charge is 2.35. The lowest BCUT2D eigenvalue weighted by atomic mass is 10.0. The molecule has 1 aliphatic rings. The number of amides is 2. The summed E-state index contributed by atoms with van der Waals surface area (Å²) in [5.74, 6) is -1.66. The van der Waals surface area contributed by atoms with Crippen molar-refractivity contribution in [2.24, 2.45) is 0 Å². The summed E-state index contributed by atoms with van der Waals surface area (Å²) in [5.41, 5.74) is 1.20. The fraction of sp³-hybridized carbons (Fsp3) is 0.174. The third-order valence-electron chi connectivity index (χ3n) is 5.02. The Kier molecular flexibility index (Phi) is 6.41. The lowest BCUT2D eigenvalue weighted by Crippen LogP contribution is -2.56. The molecule has 1 aliphatic heterocycles. The SMILES string of the molecule is O=C(Nc1c(F)cccc1F)N1CC(OC(c2ccc(Cl)cc2)c2ccccc2Cl)C1. The summed E-state index contributed by atoms with van der Waals surface area (Å²) in [6.45, 7) is 0.549. The Morgan fingerprint density at radius 1 is 0.968 bits per heavy atom. The molecule has 0 saturated carbocycles. The minimum absolute atomic E-state index is 0.270. The molecule has 160 valence electrons. The Hall–Kier alpha value is -2.67. The number of rotatable bonds is 5. The van der Waals surface area contributed by atoms with Crippen molar-refractivity contribution in [1.29, 1.82) is 0 Å². The highest BCUT2D eigenvalue weighted by Crippen LogP contribution is 2.34. The van der Waals surface area contributed by atoms with E-state index in [4.69, 9.17) is 27.9 Å². The topological polar surface area (TPSA) is 41.6 Å². The predicted octanol–water partition coefficient (Wildman–Crippen LogP) is 6.29. The number of urea groups is 1. The molecule has 1 heterocycles. The summed E-state index contributed by atoms with van der Waals surface area (Å²) in [5, 5.41) is 3.45. The van der Waals surface area contributed by atoms with Crippen LogP contribution in [0, 0.1) is 11.6 Å². The van der Waals surface area contributed by atoms with Gasteiger partial charge in [-0.15, -0.1) is 0 Å². The summed E-state index contributed by atoms with van der Waals surface area (Å²) in [4.78, 5) is 13.8. The van der Waals surface area contributed by atoms with Gasteiger partial charge in [-0.1, -0.05) is 59.6 Å². The normalized spacial score (nSPS) is 14.8. The summed E-state index contributed by atoms with van der Waals surface area (Å²) in [6, 6.07) is 17.4. The Balaban J connectivity index is 1.44. The van der Waals surface area contributed by atoms with Crippen molar-refractivity contribution >= 4 is 34.9 Å². The van der Waals surface area contributed by atoms with Crippen molar-refractivity contribution in [2.75, 3.05) is 18.4 Å². The van der Waals surface area contributed by atoms with Crippen molar-refractivity contribution in [3.8, 4) is 0 Å². The van der Waals surface area contributed by atoms with Crippen LogP contribution in [0.15, 0.2) is 66.7 Å². The summed E-state index contributed by atoms with van der Waals surface area (Å²) >= 11 is 12.4. The van der Waals surface area contributed by atoms with Crippen LogP contribution >= 0.6 is 23.2 Å². The number of ether oxygens (including phenoxy) is 1. The summed E-state index contributed by atoms with van der Waals surface area (Å²) in [6.07, 6.45) is -0.724. The number of nitrogens with zero attached hydrogens (tertiary/aromatic N) is 1. The fourth-order valence-electron chi connectivity index (χ4n) is 3.34. The van der Waals surface area contributed by atoms with E-state index < -0.39 is 29.5 Å². The van der Waals surface area contributed by atoms with Gasteiger partial charge < -0.3 is 15.0 Å². The number of hydrogen-bond acceptors (Lipinski definition) is 2. The summed E-state index contributed by atoms with van der Waals surface area (Å²) < 4.78 is 33.8. The number of nitrogens with one attached hydrogen (secondary N) is 1. The molecule has 1 saturated heterocycles. The number of benzene rings is 3. The number of hydrogen-bond donors (Lipinski definition) is 1. The van der Waals surface area contributed by atoms with Gasteiger partial charge in [0.1, 0.15) is 23.4 Å². The average Bonchev–Trinajstić information content (AvgIpc) is 2.72. The van der Waals surface area contributed by atoms with E-state index in [1.807, 2.05) is 30.3 Å². The van der Waals surface area contributed by atoms with E-state index in [1.54, 1.807) is 18.2 Å². The van der Waals surface area contributed by atoms with E-state index >= 15 is 0 Å². The van der Waals surface area contributed by atoms with Crippen LogP contribution in [0.5, 0.6) is 0 Å². The minimum atomic E-state index is -0.830. The van der Waals surface area contributed by atoms with Gasteiger partial charge in [0.2, 0.25) is 0 Å². The first kappa shape index (κ1) is 21.6. The zero-order chi connectivity index (χ0) is 22.0. The molecule has 2 amide bonds. The number of para-hydroxylation sites is 1. The molecule has 4 rings (SSSR count). The van der Waals surface area contributed by atoms with Crippen molar-refractivity contribution in [2.45, 2.75) is 12.2 Å². The Morgan fingerprint density at radius 2 is 1.61 bits per heavy atom. The monoisotopic (exact) mass is 462 g/mol. The predicted molar refractivity (Wildman–Crippen MR) is 117 cm³/mol. The lowest BCUT2D eigenvalue weighted by Gasteiger charge is -2.40. The third-order valence-corrected chi connectivity index (χ3v) is 5.62. The van der Waals surface area contributed by atoms with Crippen molar-refractivity contribution in [3.05, 3.63) is 99.5 Å². The van der Waals surface area contributed by atoms with Gasteiger partial charge in [-0.2, -0.15) is 0 Å². The van der Waals surface area contributed by atoms with Crippen molar-refractivity contribution < 1.29 is 18.3 Å². The fourth-order valence-corrected chi connectivity index (χ4v) is 3.70. The van der Waals surface area contributed by atoms with E-state index in [9.17, 15) is 13.6 Å². The Bertz CT molecular complexity index is 1070. The molecular weight excluding hydrogens is 445 g/mol. The lowest BCUT2D eigenvalue weighted by molar-refractivity contribution is -0.0628. The van der Waals surface area contributed by atoms with Gasteiger partial charge in [-0.3, -0.25) is 0 Å². The van der Waals surface area contributed by atoms with Gasteiger partial charge in [0, 0.05) is 15.6 Å². The van der Waals surface area contributed by atoms with Crippen LogP contribution in [0.3, 0.4) is 0 Å². The van der Waals surface area contributed by atoms with Crippen molar-refractivity contribution in [1.82, 2.24) is 4.90 Å². The average molecular weight is 463 g/mol. The third kappa shape index (κ3) is 4.82. The van der Waals surface area contributed by atoms with Gasteiger partial charge >= 0.3 is 6.03 Å². The van der Waals surface area contributed by atoms with E-state index in [0.29, 0.717) is 10.0 Å². The van der Waals surface area contributed by atoms with Crippen LogP contribution in [-0.2, 0) is 4.74 Å². The second-order valence-corrected chi connectivity index (χ2v) is 7.99. The van der Waals surface area contributed by atoms with Crippen LogP contribution in [0.25, 0.3) is 0 Å². The first-order valence-corrected chi connectivity index (χ1v) is 10.3. The van der Waals surface area contributed by atoms with Crippen LogP contribution in [0.1, 0.15) is 17.2 Å². The molecule has 1 fully saturated rings. The highest BCUT2D eigenvalue weighted by molar-refractivity contribution is 6.31. The van der Waals surface area contributed by atoms with Crippen LogP contribution in [0.4, 0.5) is 19.3 Å². The maximum Gasteiger partial charge on any atom is 0.322 e. The van der Waals surface area contributed by atoms with Gasteiger partial charge in [0.25, 0.3) is 0 Å². The molecule has 1 unspecified atom stereocenters. The van der Waals surface area contributed by atoms with E-state index in [2.05, 4.69) is 5.32 Å². The smallest absolute Gasteiger partial charge is 0.322 e. The standard InChI is InChI=1S/C23H18Cl2F2N2O2/c24-15-10-8-14(9-11-15)22(17-4-1-2-5-18(17)25)31-16-12-29(13-16)23(30)28-21-19(26)6-3-7-20(21)27/h1-11,16,22H,12-13H2,(H,28,30). The van der Waals surface area contributed by atoms with Crippen LogP contribution < -0.4 is 5.32 Å². The Labute approximate surface area is 188 Å². The van der Waals surface area contributed by atoms with Crippen LogP contribution in [-0.4, -0.2) is 30.1 Å². The molecule has 31 heavy (non-hydrogen) atoms. The Morgan fingerprint density at radius 3 is 2.26 bits per heavy atom. The molecule has 3 aromatic carbocycles. The molecule has 1 atom stereocenters. The molecule has 4 nitrogen and oxygen atoms in total. The van der Waals surface area contributed by atoms with Gasteiger partial charge in [0.15, 0.2) is 0 Å². The first-order valence-electron chi connectivity index (χ1n) is 9.57. The number of anilines is 1. The van der Waals surface area contributed by atoms with E-state index in [1.165, 1.54) is 11.0 Å². The maximum absolute atomic E-state index is 13.8. The number of likely N-dealkylation sites (tertiary alicyclic amines) is 1. The minimum Gasteiger partial charge on any atom is -0.362 e. The molecule has 1 N–H and O–H groups in total. The molecule has 3 aromatic rings. The molecule has 0 aromatic heterocycles. The summed E-state index contributed by atoms with van der Waals surface area (Å²) in [7, 11) is 0. The first-order chi connectivity index (χ1) is 14.9. The maximum atomic E-state index is 13.8. The highest BCUT2D eigenvalue weighted by atomic mass is 35.5. The second-order valence-electron chi connectivity index (χ2n) is 7.14. The molecular formula is C23H18Cl2F2N2O2. The molecule has 0 spiro atoms. The number of carbonyl (C=O) groups excluding carboxylic acids is 1. The molecule has 0 aliphatic carbocycles. The molecule has 0 bridgehead atoms. The quantitative estimate of drug-likeness (QED) is 0.483. The van der Waals surface area contributed by atoms with Crippen LogP contribution in [0.2, 0.25) is 10.0 Å². The van der Waals surface area contributed by atoms with Gasteiger partial charge in [-0.25, -0.2) is 13.6 Å². The number of halogens is 4. The van der Waals surface area contributed by atoms with E-state index in [-0.39, 0.29) is 19.2 Å².